The number of carbonyl (C=O) groups excluding carboxylic acids is 1. The lowest BCUT2D eigenvalue weighted by molar-refractivity contribution is -0.116. The standard InChI is InChI=1S/C13H13BrFN3OS/c1-7(2)10(14)11(19)16-13-18-17-12(20-13)8-3-5-9(15)6-4-8/h3-7,10H,1-2H3,(H,16,18,19)/t10-/m0/s1. The summed E-state index contributed by atoms with van der Waals surface area (Å²) in [5.74, 6) is -0.271. The van der Waals surface area contributed by atoms with E-state index in [-0.39, 0.29) is 22.5 Å². The first-order valence-electron chi connectivity index (χ1n) is 6.01. The summed E-state index contributed by atoms with van der Waals surface area (Å²) < 4.78 is 12.8. The van der Waals surface area contributed by atoms with Crippen LogP contribution >= 0.6 is 27.3 Å². The maximum Gasteiger partial charge on any atom is 0.240 e. The molecule has 0 aliphatic heterocycles. The first kappa shape index (κ1) is 15.1. The van der Waals surface area contributed by atoms with E-state index in [1.165, 1.54) is 23.5 Å². The van der Waals surface area contributed by atoms with Gasteiger partial charge in [0.15, 0.2) is 0 Å². The van der Waals surface area contributed by atoms with E-state index in [0.717, 1.165) is 5.56 Å². The van der Waals surface area contributed by atoms with Crippen LogP contribution in [0.25, 0.3) is 10.6 Å². The minimum Gasteiger partial charge on any atom is -0.300 e. The van der Waals surface area contributed by atoms with Gasteiger partial charge < -0.3 is 0 Å². The third-order valence-electron chi connectivity index (χ3n) is 2.58. The quantitative estimate of drug-likeness (QED) is 0.848. The Hall–Kier alpha value is -1.34. The van der Waals surface area contributed by atoms with E-state index < -0.39 is 0 Å². The van der Waals surface area contributed by atoms with Gasteiger partial charge in [-0.1, -0.05) is 41.1 Å². The van der Waals surface area contributed by atoms with Crippen LogP contribution in [0.15, 0.2) is 24.3 Å². The van der Waals surface area contributed by atoms with E-state index in [4.69, 9.17) is 0 Å². The van der Waals surface area contributed by atoms with Gasteiger partial charge in [0.1, 0.15) is 10.8 Å². The average molecular weight is 358 g/mol. The van der Waals surface area contributed by atoms with Crippen molar-refractivity contribution >= 4 is 38.3 Å². The molecule has 0 unspecified atom stereocenters. The van der Waals surface area contributed by atoms with Crippen molar-refractivity contribution in [2.75, 3.05) is 5.32 Å². The van der Waals surface area contributed by atoms with Crippen LogP contribution < -0.4 is 5.32 Å². The fourth-order valence-electron chi connectivity index (χ4n) is 1.46. The second-order valence-electron chi connectivity index (χ2n) is 4.55. The highest BCUT2D eigenvalue weighted by Crippen LogP contribution is 2.27. The first-order chi connectivity index (χ1) is 9.47. The number of alkyl halides is 1. The van der Waals surface area contributed by atoms with Crippen LogP contribution in [0.1, 0.15) is 13.8 Å². The highest BCUT2D eigenvalue weighted by Gasteiger charge is 2.20. The van der Waals surface area contributed by atoms with E-state index >= 15 is 0 Å². The maximum absolute atomic E-state index is 12.8. The third kappa shape index (κ3) is 3.61. The van der Waals surface area contributed by atoms with Crippen molar-refractivity contribution in [3.05, 3.63) is 30.1 Å². The van der Waals surface area contributed by atoms with Gasteiger partial charge in [-0.05, 0) is 30.2 Å². The molecular weight excluding hydrogens is 345 g/mol. The molecule has 2 rings (SSSR count). The molecular formula is C13H13BrFN3OS. The van der Waals surface area contributed by atoms with E-state index in [9.17, 15) is 9.18 Å². The summed E-state index contributed by atoms with van der Waals surface area (Å²) in [7, 11) is 0. The number of aromatic nitrogens is 2. The van der Waals surface area contributed by atoms with E-state index in [2.05, 4.69) is 31.4 Å². The first-order valence-corrected chi connectivity index (χ1v) is 7.75. The molecule has 1 N–H and O–H groups in total. The Morgan fingerprint density at radius 1 is 1.30 bits per heavy atom. The summed E-state index contributed by atoms with van der Waals surface area (Å²) in [6, 6.07) is 5.98. The Kier molecular flexibility index (Phi) is 4.82. The predicted octanol–water partition coefficient (Wildman–Crippen LogP) is 3.70. The summed E-state index contributed by atoms with van der Waals surface area (Å²) in [6.45, 7) is 3.89. The minimum atomic E-state index is -0.300. The van der Waals surface area contributed by atoms with Crippen molar-refractivity contribution in [1.29, 1.82) is 0 Å². The largest absolute Gasteiger partial charge is 0.300 e. The Bertz CT molecular complexity index is 600. The number of hydrogen-bond donors (Lipinski definition) is 1. The fourth-order valence-corrected chi connectivity index (χ4v) is 2.33. The molecule has 0 radical (unpaired) electrons. The van der Waals surface area contributed by atoms with Crippen LogP contribution in [0.3, 0.4) is 0 Å². The lowest BCUT2D eigenvalue weighted by atomic mass is 10.1. The molecule has 7 heteroatoms. The molecule has 0 saturated carbocycles. The van der Waals surface area contributed by atoms with Crippen molar-refractivity contribution < 1.29 is 9.18 Å². The number of anilines is 1. The number of halogens is 2. The van der Waals surface area contributed by atoms with Crippen LogP contribution in [-0.2, 0) is 4.79 Å². The molecule has 106 valence electrons. The number of nitrogens with one attached hydrogen (secondary N) is 1. The number of benzene rings is 1. The number of amides is 1. The van der Waals surface area contributed by atoms with Crippen molar-refractivity contribution in [3.63, 3.8) is 0 Å². The van der Waals surface area contributed by atoms with Gasteiger partial charge in [-0.25, -0.2) is 4.39 Å². The molecule has 0 bridgehead atoms. The smallest absolute Gasteiger partial charge is 0.240 e. The Morgan fingerprint density at radius 3 is 2.55 bits per heavy atom. The maximum atomic E-state index is 12.8. The second-order valence-corrected chi connectivity index (χ2v) is 6.52. The highest BCUT2D eigenvalue weighted by atomic mass is 79.9. The fraction of sp³-hybridized carbons (Fsp3) is 0.308. The highest BCUT2D eigenvalue weighted by molar-refractivity contribution is 9.10. The summed E-state index contributed by atoms with van der Waals surface area (Å²) in [5.41, 5.74) is 0.767. The average Bonchev–Trinajstić information content (AvgIpc) is 2.87. The summed E-state index contributed by atoms with van der Waals surface area (Å²) in [5, 5.41) is 11.7. The van der Waals surface area contributed by atoms with Gasteiger partial charge in [-0.2, -0.15) is 0 Å². The third-order valence-corrected chi connectivity index (χ3v) is 4.94. The van der Waals surface area contributed by atoms with Crippen molar-refractivity contribution in [2.24, 2.45) is 5.92 Å². The molecule has 0 fully saturated rings. The number of rotatable bonds is 4. The number of nitrogens with zero attached hydrogens (tertiary/aromatic N) is 2. The number of carbonyl (C=O) groups is 1. The zero-order chi connectivity index (χ0) is 14.7. The number of hydrogen-bond acceptors (Lipinski definition) is 4. The topological polar surface area (TPSA) is 54.9 Å². The van der Waals surface area contributed by atoms with Crippen LogP contribution in [0.5, 0.6) is 0 Å². The zero-order valence-electron chi connectivity index (χ0n) is 10.9. The van der Waals surface area contributed by atoms with E-state index in [1.54, 1.807) is 12.1 Å². The van der Waals surface area contributed by atoms with Gasteiger partial charge in [-0.3, -0.25) is 10.1 Å². The molecule has 0 aliphatic rings. The van der Waals surface area contributed by atoms with Gasteiger partial charge in [0.05, 0.1) is 4.83 Å². The van der Waals surface area contributed by atoms with Gasteiger partial charge in [-0.15, -0.1) is 10.2 Å². The van der Waals surface area contributed by atoms with E-state index in [1.807, 2.05) is 13.8 Å². The molecule has 0 saturated heterocycles. The zero-order valence-corrected chi connectivity index (χ0v) is 13.3. The lowest BCUT2D eigenvalue weighted by Gasteiger charge is -2.11. The monoisotopic (exact) mass is 357 g/mol. The Morgan fingerprint density at radius 2 is 1.95 bits per heavy atom. The minimum absolute atomic E-state index is 0.151. The molecule has 0 spiro atoms. The molecule has 0 aliphatic carbocycles. The van der Waals surface area contributed by atoms with Crippen molar-refractivity contribution in [1.82, 2.24) is 10.2 Å². The molecule has 20 heavy (non-hydrogen) atoms. The Labute approximate surface area is 128 Å². The van der Waals surface area contributed by atoms with Crippen LogP contribution in [0, 0.1) is 11.7 Å². The molecule has 1 aromatic carbocycles. The molecule has 1 amide bonds. The molecule has 4 nitrogen and oxygen atoms in total. The van der Waals surface area contributed by atoms with Crippen LogP contribution in [-0.4, -0.2) is 20.9 Å². The van der Waals surface area contributed by atoms with Gasteiger partial charge in [0, 0.05) is 5.56 Å². The van der Waals surface area contributed by atoms with Gasteiger partial charge in [0.25, 0.3) is 0 Å². The van der Waals surface area contributed by atoms with Crippen molar-refractivity contribution in [3.8, 4) is 10.6 Å². The summed E-state index contributed by atoms with van der Waals surface area (Å²) >= 11 is 4.58. The normalized spacial score (nSPS) is 12.4. The van der Waals surface area contributed by atoms with Gasteiger partial charge in [0.2, 0.25) is 11.0 Å². The molecule has 2 aromatic rings. The second kappa shape index (κ2) is 6.41. The van der Waals surface area contributed by atoms with Crippen LogP contribution in [0.2, 0.25) is 0 Å². The SMILES string of the molecule is CC(C)[C@H](Br)C(=O)Nc1nnc(-c2ccc(F)cc2)s1. The van der Waals surface area contributed by atoms with E-state index in [0.29, 0.717) is 10.1 Å². The summed E-state index contributed by atoms with van der Waals surface area (Å²) in [4.78, 5) is 11.6. The van der Waals surface area contributed by atoms with Crippen LogP contribution in [0.4, 0.5) is 9.52 Å². The molecule has 1 atom stereocenters. The lowest BCUT2D eigenvalue weighted by Crippen LogP contribution is -2.26. The molecule has 1 heterocycles. The van der Waals surface area contributed by atoms with Crippen molar-refractivity contribution in [2.45, 2.75) is 18.7 Å². The molecule has 1 aromatic heterocycles. The van der Waals surface area contributed by atoms with Gasteiger partial charge >= 0.3 is 0 Å². The predicted molar refractivity (Wildman–Crippen MR) is 81.5 cm³/mol. The Balaban J connectivity index is 2.09. The summed E-state index contributed by atoms with van der Waals surface area (Å²) in [6.07, 6.45) is 0.